The molecular weight excluding hydrogens is 370 g/mol. The predicted molar refractivity (Wildman–Crippen MR) is 123 cm³/mol. The lowest BCUT2D eigenvalue weighted by atomic mass is 10.00. The normalized spacial score (nSPS) is 10.8. The smallest absolute Gasteiger partial charge is 0.0815 e. The van der Waals surface area contributed by atoms with E-state index in [-0.39, 0.29) is 0 Å². The van der Waals surface area contributed by atoms with E-state index in [2.05, 4.69) is 102 Å². The largest absolute Gasteiger partial charge is 0.245 e. The zero-order valence-corrected chi connectivity index (χ0v) is 16.7. The van der Waals surface area contributed by atoms with Gasteiger partial charge in [0, 0.05) is 12.0 Å². The Morgan fingerprint density at radius 3 is 2.52 bits per heavy atom. The summed E-state index contributed by atoms with van der Waals surface area (Å²) in [6.45, 7) is 0. The third-order valence-corrected chi connectivity index (χ3v) is 5.89. The van der Waals surface area contributed by atoms with Gasteiger partial charge in [0.05, 0.1) is 15.7 Å². The van der Waals surface area contributed by atoms with Crippen LogP contribution in [0.15, 0.2) is 90.4 Å². The van der Waals surface area contributed by atoms with Crippen molar-refractivity contribution in [3.8, 4) is 11.8 Å². The Balaban J connectivity index is 1.37. The predicted octanol–water partition coefficient (Wildman–Crippen LogP) is 6.63. The Hall–Kier alpha value is -3.41. The van der Waals surface area contributed by atoms with Crippen molar-refractivity contribution in [2.45, 2.75) is 12.8 Å². The van der Waals surface area contributed by atoms with Crippen molar-refractivity contribution in [3.63, 3.8) is 0 Å². The van der Waals surface area contributed by atoms with Crippen LogP contribution in [0.4, 0.5) is 0 Å². The van der Waals surface area contributed by atoms with Crippen LogP contribution in [0.3, 0.4) is 0 Å². The summed E-state index contributed by atoms with van der Waals surface area (Å²) in [6.07, 6.45) is 1.69. The van der Waals surface area contributed by atoms with Gasteiger partial charge in [-0.25, -0.2) is 4.98 Å². The summed E-state index contributed by atoms with van der Waals surface area (Å²) in [4.78, 5) is 4.39. The highest BCUT2D eigenvalue weighted by molar-refractivity contribution is 7.16. The van der Waals surface area contributed by atoms with E-state index in [0.29, 0.717) is 0 Å². The van der Waals surface area contributed by atoms with E-state index >= 15 is 0 Å². The van der Waals surface area contributed by atoms with Gasteiger partial charge in [0.25, 0.3) is 0 Å². The minimum atomic E-state index is 0.736. The number of benzene rings is 4. The van der Waals surface area contributed by atoms with Gasteiger partial charge in [-0.15, -0.1) is 11.3 Å². The van der Waals surface area contributed by atoms with Crippen molar-refractivity contribution in [1.29, 1.82) is 0 Å². The molecule has 1 nitrogen and oxygen atoms in total. The fourth-order valence-electron chi connectivity index (χ4n) is 3.58. The molecule has 0 saturated carbocycles. The van der Waals surface area contributed by atoms with Gasteiger partial charge >= 0.3 is 0 Å². The summed E-state index contributed by atoms with van der Waals surface area (Å²) in [6, 6.07) is 30.2. The first-order valence-corrected chi connectivity index (χ1v) is 10.6. The van der Waals surface area contributed by atoms with E-state index in [1.807, 2.05) is 5.51 Å². The molecule has 0 saturated heterocycles. The topological polar surface area (TPSA) is 12.9 Å². The first kappa shape index (κ1) is 17.7. The molecule has 4 aromatic carbocycles. The number of rotatable bonds is 3. The van der Waals surface area contributed by atoms with E-state index in [0.717, 1.165) is 23.9 Å². The Kier molecular flexibility index (Phi) is 4.82. The zero-order valence-electron chi connectivity index (χ0n) is 15.9. The van der Waals surface area contributed by atoms with Crippen LogP contribution in [0.25, 0.3) is 21.0 Å². The lowest BCUT2D eigenvalue weighted by Crippen LogP contribution is -1.88. The maximum absolute atomic E-state index is 4.39. The number of fused-ring (bicyclic) bond motifs is 2. The molecule has 0 radical (unpaired) electrons. The molecule has 0 atom stereocenters. The number of aromatic nitrogens is 1. The van der Waals surface area contributed by atoms with Gasteiger partial charge in [-0.3, -0.25) is 0 Å². The van der Waals surface area contributed by atoms with Crippen molar-refractivity contribution < 1.29 is 0 Å². The standard InChI is InChI=1S/C27H19NS/c1-2-5-20(6-3-1)15-23-10-13-24-12-9-21(16-25(24)17-23)7-4-8-22-11-14-27-26(18-22)28-19-29-27/h1-3,5-6,9-14,16-19H,8,15H2. The highest BCUT2D eigenvalue weighted by Gasteiger charge is 2.00. The summed E-state index contributed by atoms with van der Waals surface area (Å²) in [5.41, 5.74) is 7.88. The van der Waals surface area contributed by atoms with Gasteiger partial charge in [0.15, 0.2) is 0 Å². The fourth-order valence-corrected chi connectivity index (χ4v) is 4.24. The summed E-state index contributed by atoms with van der Waals surface area (Å²) in [5, 5.41) is 2.50. The van der Waals surface area contributed by atoms with Gasteiger partial charge in [0.2, 0.25) is 0 Å². The third-order valence-electron chi connectivity index (χ3n) is 5.08. The quantitative estimate of drug-likeness (QED) is 0.315. The molecule has 5 aromatic rings. The summed E-state index contributed by atoms with van der Waals surface area (Å²) in [5.74, 6) is 6.65. The van der Waals surface area contributed by atoms with Crippen LogP contribution >= 0.6 is 11.3 Å². The Morgan fingerprint density at radius 2 is 1.59 bits per heavy atom. The molecule has 0 aliphatic rings. The molecule has 1 heterocycles. The van der Waals surface area contributed by atoms with E-state index in [1.165, 1.54) is 32.2 Å². The molecule has 138 valence electrons. The highest BCUT2D eigenvalue weighted by atomic mass is 32.1. The van der Waals surface area contributed by atoms with Crippen molar-refractivity contribution in [2.24, 2.45) is 0 Å². The molecule has 2 heteroatoms. The van der Waals surface area contributed by atoms with Crippen LogP contribution < -0.4 is 0 Å². The lowest BCUT2D eigenvalue weighted by molar-refractivity contribution is 1.20. The lowest BCUT2D eigenvalue weighted by Gasteiger charge is -2.05. The monoisotopic (exact) mass is 389 g/mol. The number of nitrogens with zero attached hydrogens (tertiary/aromatic N) is 1. The fraction of sp³-hybridized carbons (Fsp3) is 0.0741. The molecule has 5 rings (SSSR count). The molecular formula is C27H19NS. The Morgan fingerprint density at radius 1 is 0.724 bits per heavy atom. The van der Waals surface area contributed by atoms with Crippen LogP contribution in [0.2, 0.25) is 0 Å². The molecule has 0 spiro atoms. The molecule has 0 amide bonds. The zero-order chi connectivity index (χ0) is 19.5. The molecule has 0 bridgehead atoms. The van der Waals surface area contributed by atoms with Crippen LogP contribution in [-0.2, 0) is 12.8 Å². The first-order valence-electron chi connectivity index (χ1n) is 9.71. The SMILES string of the molecule is C(#Cc1ccc2ccc(Cc3ccccc3)cc2c1)Cc1ccc2scnc2c1. The van der Waals surface area contributed by atoms with Crippen LogP contribution in [-0.4, -0.2) is 4.98 Å². The third kappa shape index (κ3) is 4.06. The summed E-state index contributed by atoms with van der Waals surface area (Å²) >= 11 is 1.67. The number of hydrogen-bond acceptors (Lipinski definition) is 2. The van der Waals surface area contributed by atoms with Gasteiger partial charge in [0.1, 0.15) is 0 Å². The average molecular weight is 390 g/mol. The second-order valence-corrected chi connectivity index (χ2v) is 8.08. The van der Waals surface area contributed by atoms with Crippen LogP contribution in [0.1, 0.15) is 22.3 Å². The minimum absolute atomic E-state index is 0.736. The van der Waals surface area contributed by atoms with Gasteiger partial charge in [-0.05, 0) is 58.1 Å². The second-order valence-electron chi connectivity index (χ2n) is 7.19. The minimum Gasteiger partial charge on any atom is -0.245 e. The Bertz CT molecular complexity index is 1350. The van der Waals surface area contributed by atoms with Crippen molar-refractivity contribution >= 4 is 32.3 Å². The number of thiazole rings is 1. The molecule has 0 fully saturated rings. The van der Waals surface area contributed by atoms with Crippen molar-refractivity contribution in [2.75, 3.05) is 0 Å². The maximum atomic E-state index is 4.39. The van der Waals surface area contributed by atoms with Crippen molar-refractivity contribution in [1.82, 2.24) is 4.98 Å². The van der Waals surface area contributed by atoms with E-state index < -0.39 is 0 Å². The molecule has 29 heavy (non-hydrogen) atoms. The van der Waals surface area contributed by atoms with Gasteiger partial charge in [-0.1, -0.05) is 72.5 Å². The highest BCUT2D eigenvalue weighted by Crippen LogP contribution is 2.21. The van der Waals surface area contributed by atoms with Crippen molar-refractivity contribution in [3.05, 3.63) is 113 Å². The van der Waals surface area contributed by atoms with Crippen LogP contribution in [0, 0.1) is 11.8 Å². The molecule has 0 aliphatic heterocycles. The maximum Gasteiger partial charge on any atom is 0.0815 e. The van der Waals surface area contributed by atoms with Crippen LogP contribution in [0.5, 0.6) is 0 Å². The number of hydrogen-bond donors (Lipinski definition) is 0. The van der Waals surface area contributed by atoms with Gasteiger partial charge in [-0.2, -0.15) is 0 Å². The van der Waals surface area contributed by atoms with E-state index in [4.69, 9.17) is 0 Å². The first-order chi connectivity index (χ1) is 14.3. The molecule has 0 aliphatic carbocycles. The summed E-state index contributed by atoms with van der Waals surface area (Å²) in [7, 11) is 0. The van der Waals surface area contributed by atoms with E-state index in [1.54, 1.807) is 11.3 Å². The Labute approximate surface area is 174 Å². The molecule has 1 aromatic heterocycles. The molecule has 0 N–H and O–H groups in total. The molecule has 0 unspecified atom stereocenters. The average Bonchev–Trinajstić information content (AvgIpc) is 3.22. The van der Waals surface area contributed by atoms with Gasteiger partial charge < -0.3 is 0 Å². The summed E-state index contributed by atoms with van der Waals surface area (Å²) < 4.78 is 1.22. The second kappa shape index (κ2) is 7.91. The van der Waals surface area contributed by atoms with E-state index in [9.17, 15) is 0 Å².